The number of fused-ring (bicyclic) bond motifs is 1. The highest BCUT2D eigenvalue weighted by molar-refractivity contribution is 6.08. The number of amides is 1. The number of hydrogen-bond donors (Lipinski definition) is 1. The molecule has 0 saturated carbocycles. The van der Waals surface area contributed by atoms with Crippen molar-refractivity contribution in [3.8, 4) is 11.1 Å². The third kappa shape index (κ3) is 5.49. The van der Waals surface area contributed by atoms with E-state index >= 15 is 0 Å². The van der Waals surface area contributed by atoms with Crippen LogP contribution in [0, 0.1) is 6.92 Å². The molecular weight excluding hydrogens is 567 g/mol. The molecule has 1 fully saturated rings. The van der Waals surface area contributed by atoms with Crippen molar-refractivity contribution >= 4 is 16.7 Å². The molecule has 1 aromatic heterocycles. The molecule has 8 heteroatoms. The largest absolute Gasteiger partial charge is 0.512 e. The summed E-state index contributed by atoms with van der Waals surface area (Å²) in [5.41, 5.74) is 4.23. The quantitative estimate of drug-likeness (QED) is 0.182. The molecule has 0 radical (unpaired) electrons. The van der Waals surface area contributed by atoms with Gasteiger partial charge in [-0.2, -0.15) is 13.2 Å². The van der Waals surface area contributed by atoms with Crippen LogP contribution in [0.25, 0.3) is 21.9 Å². The Bertz CT molecular complexity index is 1850. The van der Waals surface area contributed by atoms with Crippen molar-refractivity contribution in [1.29, 1.82) is 0 Å². The zero-order valence-corrected chi connectivity index (χ0v) is 24.0. The maximum Gasteiger partial charge on any atom is 0.449 e. The number of nitrogens with zero attached hydrogens (tertiary/aromatic N) is 1. The molecule has 1 saturated heterocycles. The number of rotatable bonds is 8. The van der Waals surface area contributed by atoms with E-state index in [2.05, 4.69) is 6.58 Å². The second-order valence-corrected chi connectivity index (χ2v) is 11.2. The highest BCUT2D eigenvalue weighted by Gasteiger charge is 2.43. The molecule has 0 aliphatic carbocycles. The minimum Gasteiger partial charge on any atom is -0.512 e. The lowest BCUT2D eigenvalue weighted by Crippen LogP contribution is -2.48. The Morgan fingerprint density at radius 3 is 2.32 bits per heavy atom. The molecule has 0 spiro atoms. The summed E-state index contributed by atoms with van der Waals surface area (Å²) in [4.78, 5) is 15.6. The van der Waals surface area contributed by atoms with Crippen LogP contribution in [0.3, 0.4) is 0 Å². The highest BCUT2D eigenvalue weighted by atomic mass is 19.4. The number of benzene rings is 4. The molecule has 0 unspecified atom stereocenters. The lowest BCUT2D eigenvalue weighted by atomic mass is 9.76. The molecule has 1 N–H and O–H groups in total. The monoisotopic (exact) mass is 597 g/mol. The molecule has 1 amide bonds. The van der Waals surface area contributed by atoms with Gasteiger partial charge in [0.05, 0.1) is 30.7 Å². The molecule has 0 atom stereocenters. The minimum absolute atomic E-state index is 0.0383. The van der Waals surface area contributed by atoms with E-state index in [1.54, 1.807) is 0 Å². The molecule has 0 bridgehead atoms. The van der Waals surface area contributed by atoms with E-state index in [0.29, 0.717) is 18.8 Å². The van der Waals surface area contributed by atoms with Gasteiger partial charge in [-0.1, -0.05) is 85.4 Å². The van der Waals surface area contributed by atoms with Gasteiger partial charge in [0.1, 0.15) is 11.5 Å². The van der Waals surface area contributed by atoms with E-state index in [-0.39, 0.29) is 30.5 Å². The fraction of sp³-hybridized carbons (Fsp3) is 0.194. The molecule has 2 heterocycles. The first-order valence-corrected chi connectivity index (χ1v) is 14.1. The summed E-state index contributed by atoms with van der Waals surface area (Å²) in [6.45, 7) is 6.34. The fourth-order valence-corrected chi connectivity index (χ4v) is 5.65. The van der Waals surface area contributed by atoms with Crippen LogP contribution in [0.4, 0.5) is 13.2 Å². The van der Waals surface area contributed by atoms with Gasteiger partial charge in [-0.15, -0.1) is 0 Å². The lowest BCUT2D eigenvalue weighted by Gasteiger charge is -2.41. The van der Waals surface area contributed by atoms with Crippen molar-refractivity contribution < 1.29 is 32.2 Å². The van der Waals surface area contributed by atoms with Gasteiger partial charge >= 0.3 is 6.18 Å². The van der Waals surface area contributed by atoms with E-state index in [1.165, 1.54) is 11.0 Å². The van der Waals surface area contributed by atoms with Crippen molar-refractivity contribution in [2.45, 2.75) is 31.6 Å². The first-order valence-electron chi connectivity index (χ1n) is 14.1. The Morgan fingerprint density at radius 2 is 1.66 bits per heavy atom. The average molecular weight is 598 g/mol. The smallest absolute Gasteiger partial charge is 0.449 e. The molecule has 224 valence electrons. The van der Waals surface area contributed by atoms with Crippen LogP contribution < -0.4 is 0 Å². The number of hydrogen-bond acceptors (Lipinski definition) is 4. The molecule has 6 rings (SSSR count). The predicted molar refractivity (Wildman–Crippen MR) is 162 cm³/mol. The highest BCUT2D eigenvalue weighted by Crippen LogP contribution is 2.39. The van der Waals surface area contributed by atoms with Gasteiger partial charge in [0.15, 0.2) is 0 Å². The van der Waals surface area contributed by atoms with E-state index in [0.717, 1.165) is 44.7 Å². The third-order valence-electron chi connectivity index (χ3n) is 8.25. The average Bonchev–Trinajstić information content (AvgIpc) is 3.46. The van der Waals surface area contributed by atoms with E-state index in [1.807, 2.05) is 91.9 Å². The maximum atomic E-state index is 14.1. The van der Waals surface area contributed by atoms with Crippen molar-refractivity contribution in [3.63, 3.8) is 0 Å². The Kier molecular flexibility index (Phi) is 7.55. The van der Waals surface area contributed by atoms with Crippen LogP contribution in [-0.2, 0) is 29.4 Å². The number of furan rings is 1. The molecule has 1 aliphatic heterocycles. The van der Waals surface area contributed by atoms with Gasteiger partial charge in [0, 0.05) is 6.54 Å². The molecule has 1 aliphatic rings. The first kappa shape index (κ1) is 29.3. The number of halogens is 3. The molecule has 4 aromatic carbocycles. The van der Waals surface area contributed by atoms with E-state index in [9.17, 15) is 23.1 Å². The molecule has 44 heavy (non-hydrogen) atoms. The Morgan fingerprint density at radius 1 is 0.909 bits per heavy atom. The summed E-state index contributed by atoms with van der Waals surface area (Å²) < 4.78 is 50.3. The third-order valence-corrected chi connectivity index (χ3v) is 8.25. The maximum absolute atomic E-state index is 14.1. The summed E-state index contributed by atoms with van der Waals surface area (Å²) in [5.74, 6) is -1.30. The normalized spacial score (nSPS) is 14.3. The van der Waals surface area contributed by atoms with Crippen LogP contribution >= 0.6 is 0 Å². The zero-order valence-electron chi connectivity index (χ0n) is 24.0. The minimum atomic E-state index is -4.62. The van der Waals surface area contributed by atoms with Gasteiger partial charge in [0.25, 0.3) is 5.91 Å². The van der Waals surface area contributed by atoms with E-state index in [4.69, 9.17) is 9.15 Å². The van der Waals surface area contributed by atoms with Crippen molar-refractivity contribution in [3.05, 3.63) is 143 Å². The van der Waals surface area contributed by atoms with Crippen LogP contribution in [-0.4, -0.2) is 29.1 Å². The molecular formula is C36H30F3NO4. The van der Waals surface area contributed by atoms with Crippen molar-refractivity contribution in [2.24, 2.45) is 0 Å². The number of aliphatic hydroxyl groups excluding tert-OH is 1. The number of aryl methyl sites for hydroxylation is 1. The lowest BCUT2D eigenvalue weighted by molar-refractivity contribution is -0.153. The van der Waals surface area contributed by atoms with Crippen molar-refractivity contribution in [1.82, 2.24) is 4.90 Å². The summed E-state index contributed by atoms with van der Waals surface area (Å²) in [6, 6.07) is 29.0. The number of aliphatic hydroxyl groups is 1. The zero-order chi connectivity index (χ0) is 31.1. The SMILES string of the molecule is C=C(O)C1(c2cccc(-c3ccc(CN(Cc4ccc(C(F)(F)F)o4)C(=O)c4c(C)ccc5ccccc45)cc3)c2)COC1. The van der Waals surface area contributed by atoms with Gasteiger partial charge in [-0.25, -0.2) is 0 Å². The predicted octanol–water partition coefficient (Wildman–Crippen LogP) is 8.61. The topological polar surface area (TPSA) is 62.9 Å². The number of carbonyl (C=O) groups excluding carboxylic acids is 1. The van der Waals surface area contributed by atoms with Crippen molar-refractivity contribution in [2.75, 3.05) is 13.2 Å². The van der Waals surface area contributed by atoms with Crippen LogP contribution in [0.5, 0.6) is 0 Å². The summed E-state index contributed by atoms with van der Waals surface area (Å²) in [6.07, 6.45) is -4.62. The van der Waals surface area contributed by atoms with Gasteiger partial charge in [-0.05, 0) is 63.7 Å². The summed E-state index contributed by atoms with van der Waals surface area (Å²) in [7, 11) is 0. The molecule has 5 aromatic rings. The summed E-state index contributed by atoms with van der Waals surface area (Å²) >= 11 is 0. The fourth-order valence-electron chi connectivity index (χ4n) is 5.65. The number of carbonyl (C=O) groups is 1. The second kappa shape index (κ2) is 11.4. The number of alkyl halides is 3. The van der Waals surface area contributed by atoms with Crippen LogP contribution in [0.2, 0.25) is 0 Å². The van der Waals surface area contributed by atoms with Gasteiger partial charge in [-0.3, -0.25) is 4.79 Å². The van der Waals surface area contributed by atoms with Gasteiger partial charge in [0.2, 0.25) is 5.76 Å². The Hall–Kier alpha value is -4.82. The summed E-state index contributed by atoms with van der Waals surface area (Å²) in [5, 5.41) is 11.9. The van der Waals surface area contributed by atoms with Gasteiger partial charge < -0.3 is 19.2 Å². The van der Waals surface area contributed by atoms with Crippen LogP contribution in [0.15, 0.2) is 114 Å². The van der Waals surface area contributed by atoms with Crippen LogP contribution in [0.1, 0.15) is 38.6 Å². The van der Waals surface area contributed by atoms with E-state index < -0.39 is 17.4 Å². The Balaban J connectivity index is 1.31. The second-order valence-electron chi connectivity index (χ2n) is 11.2. The Labute approximate surface area is 252 Å². The first-order chi connectivity index (χ1) is 21.0. The number of ether oxygens (including phenoxy) is 1. The standard InChI is InChI=1S/C36H30F3NO4/c1-23-10-13-27-6-3-4-9-31(27)33(23)34(42)40(20-30-16-17-32(44-30)36(37,38)39)19-25-11-14-26(15-12-25)28-7-5-8-29(18-28)35(24(2)41)21-43-22-35/h3-18,41H,2,19-22H2,1H3. The molecule has 5 nitrogen and oxygen atoms in total.